The lowest BCUT2D eigenvalue weighted by Crippen LogP contribution is -2.47. The fourth-order valence-corrected chi connectivity index (χ4v) is 4.44. The molecule has 0 saturated heterocycles. The van der Waals surface area contributed by atoms with Crippen LogP contribution in [0.5, 0.6) is 0 Å². The monoisotopic (exact) mass is 477 g/mol. The van der Waals surface area contributed by atoms with Gasteiger partial charge < -0.3 is 10.2 Å². The highest BCUT2D eigenvalue weighted by molar-refractivity contribution is 7.92. The predicted molar refractivity (Wildman–Crippen MR) is 128 cm³/mol. The molecular formula is C24H32FN3O4S. The summed E-state index contributed by atoms with van der Waals surface area (Å²) in [6.45, 7) is 5.47. The molecule has 0 heterocycles. The molecule has 1 N–H and O–H groups in total. The van der Waals surface area contributed by atoms with Crippen LogP contribution in [0.2, 0.25) is 0 Å². The van der Waals surface area contributed by atoms with Gasteiger partial charge in [-0.3, -0.25) is 13.9 Å². The van der Waals surface area contributed by atoms with E-state index < -0.39 is 21.9 Å². The minimum atomic E-state index is -3.56. The van der Waals surface area contributed by atoms with Crippen molar-refractivity contribution >= 4 is 27.5 Å². The zero-order valence-corrected chi connectivity index (χ0v) is 20.6. The van der Waals surface area contributed by atoms with Crippen LogP contribution < -0.4 is 9.62 Å². The maximum Gasteiger partial charge on any atom is 0.242 e. The first kappa shape index (κ1) is 26.3. The molecule has 9 heteroatoms. The Kier molecular flexibility index (Phi) is 8.99. The van der Waals surface area contributed by atoms with Gasteiger partial charge in [0, 0.05) is 32.1 Å². The molecule has 180 valence electrons. The smallest absolute Gasteiger partial charge is 0.242 e. The molecule has 1 unspecified atom stereocenters. The van der Waals surface area contributed by atoms with E-state index in [1.807, 2.05) is 19.9 Å². The number of halogens is 1. The fourth-order valence-electron chi connectivity index (χ4n) is 3.49. The van der Waals surface area contributed by atoms with Crippen molar-refractivity contribution in [2.75, 3.05) is 24.2 Å². The molecule has 0 spiro atoms. The number of hydrogen-bond donors (Lipinski definition) is 1. The molecule has 0 aromatic heterocycles. The van der Waals surface area contributed by atoms with Crippen LogP contribution in [0.3, 0.4) is 0 Å². The van der Waals surface area contributed by atoms with Gasteiger partial charge in [0.25, 0.3) is 0 Å². The summed E-state index contributed by atoms with van der Waals surface area (Å²) in [5, 5.41) is 2.51. The Morgan fingerprint density at radius 1 is 1.09 bits per heavy atom. The van der Waals surface area contributed by atoms with Crippen LogP contribution in [0.25, 0.3) is 0 Å². The number of hydrogen-bond acceptors (Lipinski definition) is 4. The highest BCUT2D eigenvalue weighted by atomic mass is 32.2. The summed E-state index contributed by atoms with van der Waals surface area (Å²) >= 11 is 0. The van der Waals surface area contributed by atoms with Gasteiger partial charge in [-0.2, -0.15) is 0 Å². The highest BCUT2D eigenvalue weighted by Gasteiger charge is 2.26. The van der Waals surface area contributed by atoms with Crippen LogP contribution in [0, 0.1) is 19.7 Å². The summed E-state index contributed by atoms with van der Waals surface area (Å²) in [5.74, 6) is -1.19. The summed E-state index contributed by atoms with van der Waals surface area (Å²) < 4.78 is 40.2. The Morgan fingerprint density at radius 2 is 1.76 bits per heavy atom. The molecule has 2 aromatic rings. The van der Waals surface area contributed by atoms with E-state index in [-0.39, 0.29) is 37.7 Å². The molecule has 0 radical (unpaired) electrons. The number of anilines is 1. The molecule has 0 saturated carbocycles. The van der Waals surface area contributed by atoms with Crippen LogP contribution >= 0.6 is 0 Å². The third-order valence-electron chi connectivity index (χ3n) is 5.64. The van der Waals surface area contributed by atoms with E-state index in [0.717, 1.165) is 17.4 Å². The van der Waals surface area contributed by atoms with Gasteiger partial charge in [-0.15, -0.1) is 0 Å². The minimum Gasteiger partial charge on any atom is -0.357 e. The highest BCUT2D eigenvalue weighted by Crippen LogP contribution is 2.22. The number of aryl methyl sites for hydroxylation is 2. The summed E-state index contributed by atoms with van der Waals surface area (Å²) in [4.78, 5) is 26.6. The van der Waals surface area contributed by atoms with Crippen molar-refractivity contribution in [2.45, 2.75) is 46.2 Å². The van der Waals surface area contributed by atoms with Gasteiger partial charge >= 0.3 is 0 Å². The van der Waals surface area contributed by atoms with E-state index in [1.54, 1.807) is 37.3 Å². The Morgan fingerprint density at radius 3 is 2.33 bits per heavy atom. The average molecular weight is 478 g/mol. The number of carbonyl (C=O) groups excluding carboxylic acids is 2. The standard InChI is InChI=1S/C24H32FN3O4S/c1-17-12-13-21(15-18(17)2)28(33(5,31)32)14-8-11-23(29)27(19(3)24(30)26-4)16-20-9-6-7-10-22(20)25/h6-7,9-10,12-13,15,19H,8,11,14,16H2,1-5H3,(H,26,30). The number of nitrogens with zero attached hydrogens (tertiary/aromatic N) is 2. The lowest BCUT2D eigenvalue weighted by atomic mass is 10.1. The van der Waals surface area contributed by atoms with Gasteiger partial charge in [0.05, 0.1) is 11.9 Å². The Bertz CT molecular complexity index is 1100. The fraction of sp³-hybridized carbons (Fsp3) is 0.417. The lowest BCUT2D eigenvalue weighted by molar-refractivity contribution is -0.140. The molecule has 0 bridgehead atoms. The van der Waals surface area contributed by atoms with Crippen LogP contribution in [0.1, 0.15) is 36.5 Å². The van der Waals surface area contributed by atoms with Crippen LogP contribution in [0.4, 0.5) is 10.1 Å². The minimum absolute atomic E-state index is 0.00660. The predicted octanol–water partition coefficient (Wildman–Crippen LogP) is 3.15. The SMILES string of the molecule is CNC(=O)C(C)N(Cc1ccccc1F)C(=O)CCCN(c1ccc(C)c(C)c1)S(C)(=O)=O. The van der Waals surface area contributed by atoms with E-state index in [2.05, 4.69) is 5.32 Å². The summed E-state index contributed by atoms with van der Waals surface area (Å²) in [6, 6.07) is 10.7. The number of nitrogens with one attached hydrogen (secondary N) is 1. The van der Waals surface area contributed by atoms with Crippen molar-refractivity contribution in [1.82, 2.24) is 10.2 Å². The first-order chi connectivity index (χ1) is 15.5. The molecule has 1 atom stereocenters. The van der Waals surface area contributed by atoms with Crippen molar-refractivity contribution < 1.29 is 22.4 Å². The molecule has 0 aliphatic heterocycles. The molecule has 2 aromatic carbocycles. The maximum atomic E-state index is 14.2. The third kappa shape index (κ3) is 7.02. The van der Waals surface area contributed by atoms with Gasteiger partial charge in [0.15, 0.2) is 0 Å². The summed E-state index contributed by atoms with van der Waals surface area (Å²) in [7, 11) is -2.09. The molecular weight excluding hydrogens is 445 g/mol. The van der Waals surface area contributed by atoms with Gasteiger partial charge in [-0.05, 0) is 56.5 Å². The first-order valence-electron chi connectivity index (χ1n) is 10.7. The Labute approximate surface area is 195 Å². The quantitative estimate of drug-likeness (QED) is 0.570. The molecule has 2 rings (SSSR count). The summed E-state index contributed by atoms with van der Waals surface area (Å²) in [5.41, 5.74) is 2.85. The molecule has 0 fully saturated rings. The van der Waals surface area contributed by atoms with Crippen LogP contribution in [-0.4, -0.2) is 51.0 Å². The van der Waals surface area contributed by atoms with E-state index in [4.69, 9.17) is 0 Å². The lowest BCUT2D eigenvalue weighted by Gasteiger charge is -2.29. The second-order valence-corrected chi connectivity index (χ2v) is 10.0. The Hall–Kier alpha value is -2.94. The molecule has 7 nitrogen and oxygen atoms in total. The normalized spacial score (nSPS) is 12.2. The second-order valence-electron chi connectivity index (χ2n) is 8.11. The van der Waals surface area contributed by atoms with Crippen LogP contribution in [0.15, 0.2) is 42.5 Å². The molecule has 0 aliphatic carbocycles. The third-order valence-corrected chi connectivity index (χ3v) is 6.84. The zero-order chi connectivity index (χ0) is 24.8. The van der Waals surface area contributed by atoms with Crippen LogP contribution in [-0.2, 0) is 26.2 Å². The number of rotatable bonds is 10. The topological polar surface area (TPSA) is 86.8 Å². The molecule has 0 aliphatic rings. The number of amides is 2. The van der Waals surface area contributed by atoms with Gasteiger partial charge in [0.2, 0.25) is 21.8 Å². The van der Waals surface area contributed by atoms with Crippen molar-refractivity contribution in [2.24, 2.45) is 0 Å². The van der Waals surface area contributed by atoms with E-state index >= 15 is 0 Å². The first-order valence-corrected chi connectivity index (χ1v) is 12.6. The zero-order valence-electron chi connectivity index (χ0n) is 19.8. The maximum absolute atomic E-state index is 14.2. The molecule has 33 heavy (non-hydrogen) atoms. The number of carbonyl (C=O) groups is 2. The van der Waals surface area contributed by atoms with E-state index in [9.17, 15) is 22.4 Å². The van der Waals surface area contributed by atoms with Gasteiger partial charge in [0.1, 0.15) is 11.9 Å². The van der Waals surface area contributed by atoms with Crippen molar-refractivity contribution in [3.63, 3.8) is 0 Å². The Balaban J connectivity index is 2.17. The summed E-state index contributed by atoms with van der Waals surface area (Å²) in [6.07, 6.45) is 1.38. The van der Waals surface area contributed by atoms with Crippen molar-refractivity contribution in [3.8, 4) is 0 Å². The second kappa shape index (κ2) is 11.3. The van der Waals surface area contributed by atoms with Crippen molar-refractivity contribution in [3.05, 3.63) is 65.0 Å². The number of benzene rings is 2. The number of likely N-dealkylation sites (N-methyl/N-ethyl adjacent to an activating group) is 1. The molecule has 2 amide bonds. The number of sulfonamides is 1. The van der Waals surface area contributed by atoms with E-state index in [0.29, 0.717) is 11.3 Å². The van der Waals surface area contributed by atoms with Crippen molar-refractivity contribution in [1.29, 1.82) is 0 Å². The largest absolute Gasteiger partial charge is 0.357 e. The van der Waals surface area contributed by atoms with Gasteiger partial charge in [-0.1, -0.05) is 24.3 Å². The average Bonchev–Trinajstić information content (AvgIpc) is 2.76. The van der Waals surface area contributed by atoms with Gasteiger partial charge in [-0.25, -0.2) is 12.8 Å². The van der Waals surface area contributed by atoms with E-state index in [1.165, 1.54) is 22.3 Å².